The van der Waals surface area contributed by atoms with Crippen LogP contribution in [0.2, 0.25) is 0 Å². The third-order valence-corrected chi connectivity index (χ3v) is 3.66. The standard InChI is InChI=1S/C10H23NS/c1-5-11-7-6-8-12-10(4)9(2)3/h9-11H,5-8H2,1-4H3. The summed E-state index contributed by atoms with van der Waals surface area (Å²) in [5, 5.41) is 4.15. The van der Waals surface area contributed by atoms with Crippen LogP contribution in [-0.4, -0.2) is 24.1 Å². The number of hydrogen-bond acceptors (Lipinski definition) is 2. The summed E-state index contributed by atoms with van der Waals surface area (Å²) in [6.45, 7) is 11.3. The molecule has 2 heteroatoms. The van der Waals surface area contributed by atoms with Gasteiger partial charge >= 0.3 is 0 Å². The van der Waals surface area contributed by atoms with E-state index in [4.69, 9.17) is 0 Å². The van der Waals surface area contributed by atoms with Gasteiger partial charge in [-0.2, -0.15) is 11.8 Å². The lowest BCUT2D eigenvalue weighted by molar-refractivity contribution is 0.640. The molecule has 0 spiro atoms. The summed E-state index contributed by atoms with van der Waals surface area (Å²) in [6.07, 6.45) is 1.30. The highest BCUT2D eigenvalue weighted by Crippen LogP contribution is 2.18. The second-order valence-electron chi connectivity index (χ2n) is 3.53. The van der Waals surface area contributed by atoms with Gasteiger partial charge in [0.05, 0.1) is 0 Å². The van der Waals surface area contributed by atoms with Crippen LogP contribution in [0.3, 0.4) is 0 Å². The van der Waals surface area contributed by atoms with Gasteiger partial charge in [-0.1, -0.05) is 27.7 Å². The molecule has 0 aromatic carbocycles. The number of nitrogens with one attached hydrogen (secondary N) is 1. The number of hydrogen-bond donors (Lipinski definition) is 1. The zero-order valence-electron chi connectivity index (χ0n) is 8.89. The second-order valence-corrected chi connectivity index (χ2v) is 5.01. The summed E-state index contributed by atoms with van der Waals surface area (Å²) in [6, 6.07) is 0. The van der Waals surface area contributed by atoms with E-state index in [1.807, 2.05) is 0 Å². The Balaban J connectivity index is 3.08. The lowest BCUT2D eigenvalue weighted by Gasteiger charge is -2.14. The smallest absolute Gasteiger partial charge is 0.00417 e. The van der Waals surface area contributed by atoms with E-state index < -0.39 is 0 Å². The second kappa shape index (κ2) is 7.93. The Morgan fingerprint density at radius 2 is 1.92 bits per heavy atom. The van der Waals surface area contributed by atoms with Gasteiger partial charge in [0.15, 0.2) is 0 Å². The molecule has 0 rings (SSSR count). The van der Waals surface area contributed by atoms with Gasteiger partial charge in [0.25, 0.3) is 0 Å². The SMILES string of the molecule is CCNCCCSC(C)C(C)C. The van der Waals surface area contributed by atoms with Crippen molar-refractivity contribution in [3.05, 3.63) is 0 Å². The normalized spacial score (nSPS) is 13.8. The van der Waals surface area contributed by atoms with Gasteiger partial charge in [-0.15, -0.1) is 0 Å². The average molecular weight is 189 g/mol. The molecule has 0 aromatic heterocycles. The summed E-state index contributed by atoms with van der Waals surface area (Å²) < 4.78 is 0. The first-order valence-corrected chi connectivity index (χ1v) is 6.05. The maximum atomic E-state index is 3.34. The summed E-state index contributed by atoms with van der Waals surface area (Å²) in [7, 11) is 0. The summed E-state index contributed by atoms with van der Waals surface area (Å²) >= 11 is 2.09. The van der Waals surface area contributed by atoms with Crippen LogP contribution in [0.15, 0.2) is 0 Å². The van der Waals surface area contributed by atoms with Crippen LogP contribution in [0.25, 0.3) is 0 Å². The Morgan fingerprint density at radius 3 is 2.42 bits per heavy atom. The van der Waals surface area contributed by atoms with Gasteiger partial charge in [-0.05, 0) is 31.2 Å². The van der Waals surface area contributed by atoms with E-state index in [2.05, 4.69) is 44.8 Å². The molecule has 0 aromatic rings. The molecule has 0 aliphatic heterocycles. The van der Waals surface area contributed by atoms with Crippen molar-refractivity contribution in [2.75, 3.05) is 18.8 Å². The van der Waals surface area contributed by atoms with E-state index >= 15 is 0 Å². The van der Waals surface area contributed by atoms with Crippen LogP contribution in [0.1, 0.15) is 34.1 Å². The van der Waals surface area contributed by atoms with E-state index in [0.29, 0.717) is 0 Å². The fourth-order valence-corrected chi connectivity index (χ4v) is 1.90. The first kappa shape index (κ1) is 12.3. The largest absolute Gasteiger partial charge is 0.317 e. The van der Waals surface area contributed by atoms with Crippen molar-refractivity contribution in [2.24, 2.45) is 5.92 Å². The van der Waals surface area contributed by atoms with E-state index in [9.17, 15) is 0 Å². The molecule has 0 radical (unpaired) electrons. The summed E-state index contributed by atoms with van der Waals surface area (Å²) in [5.74, 6) is 2.11. The molecule has 1 unspecified atom stereocenters. The number of rotatable bonds is 7. The third-order valence-electron chi connectivity index (χ3n) is 2.07. The van der Waals surface area contributed by atoms with Crippen molar-refractivity contribution in [2.45, 2.75) is 39.4 Å². The predicted molar refractivity (Wildman–Crippen MR) is 59.9 cm³/mol. The van der Waals surface area contributed by atoms with E-state index in [-0.39, 0.29) is 0 Å². The highest BCUT2D eigenvalue weighted by molar-refractivity contribution is 7.99. The highest BCUT2D eigenvalue weighted by atomic mass is 32.2. The van der Waals surface area contributed by atoms with Gasteiger partial charge in [0.2, 0.25) is 0 Å². The topological polar surface area (TPSA) is 12.0 Å². The molecule has 74 valence electrons. The van der Waals surface area contributed by atoms with E-state index in [1.165, 1.54) is 18.7 Å². The van der Waals surface area contributed by atoms with Crippen LogP contribution < -0.4 is 5.32 Å². The van der Waals surface area contributed by atoms with Gasteiger partial charge in [0, 0.05) is 5.25 Å². The number of thioether (sulfide) groups is 1. The quantitative estimate of drug-likeness (QED) is 0.618. The fraction of sp³-hybridized carbons (Fsp3) is 1.00. The summed E-state index contributed by atoms with van der Waals surface area (Å²) in [5.41, 5.74) is 0. The Hall–Kier alpha value is 0.310. The maximum Gasteiger partial charge on any atom is 0.00417 e. The van der Waals surface area contributed by atoms with Crippen molar-refractivity contribution >= 4 is 11.8 Å². The Labute approximate surface area is 81.7 Å². The van der Waals surface area contributed by atoms with Gasteiger partial charge in [0.1, 0.15) is 0 Å². The van der Waals surface area contributed by atoms with Crippen molar-refractivity contribution in [3.63, 3.8) is 0 Å². The molecule has 1 nitrogen and oxygen atoms in total. The monoisotopic (exact) mass is 189 g/mol. The predicted octanol–water partition coefficient (Wildman–Crippen LogP) is 2.76. The molecule has 0 saturated heterocycles. The molecule has 0 fully saturated rings. The minimum absolute atomic E-state index is 0.812. The molecule has 0 aliphatic carbocycles. The molecule has 0 heterocycles. The van der Waals surface area contributed by atoms with Crippen LogP contribution in [-0.2, 0) is 0 Å². The highest BCUT2D eigenvalue weighted by Gasteiger charge is 2.05. The van der Waals surface area contributed by atoms with Gasteiger partial charge < -0.3 is 5.32 Å². The molecule has 0 bridgehead atoms. The zero-order valence-corrected chi connectivity index (χ0v) is 9.71. The lowest BCUT2D eigenvalue weighted by Crippen LogP contribution is -2.15. The van der Waals surface area contributed by atoms with Crippen molar-refractivity contribution in [1.82, 2.24) is 5.32 Å². The minimum Gasteiger partial charge on any atom is -0.317 e. The fourth-order valence-electron chi connectivity index (χ4n) is 0.836. The van der Waals surface area contributed by atoms with Crippen LogP contribution >= 0.6 is 11.8 Å². The molecular formula is C10H23NS. The Morgan fingerprint density at radius 1 is 1.25 bits per heavy atom. The molecule has 0 saturated carbocycles. The summed E-state index contributed by atoms with van der Waals surface area (Å²) in [4.78, 5) is 0. The maximum absolute atomic E-state index is 3.34. The van der Waals surface area contributed by atoms with Crippen molar-refractivity contribution in [3.8, 4) is 0 Å². The van der Waals surface area contributed by atoms with Crippen molar-refractivity contribution in [1.29, 1.82) is 0 Å². The molecule has 1 N–H and O–H groups in total. The van der Waals surface area contributed by atoms with E-state index in [0.717, 1.165) is 17.7 Å². The molecular weight excluding hydrogens is 166 g/mol. The Kier molecular flexibility index (Phi) is 8.14. The van der Waals surface area contributed by atoms with Crippen LogP contribution in [0, 0.1) is 5.92 Å². The Bertz CT molecular complexity index is 93.8. The molecule has 0 aliphatic rings. The van der Waals surface area contributed by atoms with E-state index in [1.54, 1.807) is 0 Å². The van der Waals surface area contributed by atoms with Gasteiger partial charge in [-0.3, -0.25) is 0 Å². The zero-order chi connectivity index (χ0) is 9.40. The first-order chi connectivity index (χ1) is 5.68. The lowest BCUT2D eigenvalue weighted by atomic mass is 10.2. The molecule has 0 amide bonds. The van der Waals surface area contributed by atoms with Gasteiger partial charge in [-0.25, -0.2) is 0 Å². The van der Waals surface area contributed by atoms with Crippen LogP contribution in [0.5, 0.6) is 0 Å². The average Bonchev–Trinajstić information content (AvgIpc) is 2.03. The van der Waals surface area contributed by atoms with Crippen molar-refractivity contribution < 1.29 is 0 Å². The molecule has 1 atom stereocenters. The van der Waals surface area contributed by atoms with Crippen LogP contribution in [0.4, 0.5) is 0 Å². The minimum atomic E-state index is 0.812. The third kappa shape index (κ3) is 6.99. The molecule has 12 heavy (non-hydrogen) atoms. The first-order valence-electron chi connectivity index (χ1n) is 5.00.